The minimum absolute atomic E-state index is 0.293. The van der Waals surface area contributed by atoms with Gasteiger partial charge >= 0.3 is 6.18 Å². The van der Waals surface area contributed by atoms with Crippen molar-refractivity contribution in [3.63, 3.8) is 0 Å². The molecule has 1 aliphatic rings. The Bertz CT molecular complexity index is 963. The van der Waals surface area contributed by atoms with Crippen LogP contribution in [0.2, 0.25) is 0 Å². The largest absolute Gasteiger partial charge is 0.416 e. The second-order valence-electron chi connectivity index (χ2n) is 6.67. The molecule has 0 fully saturated rings. The van der Waals surface area contributed by atoms with Gasteiger partial charge in [-0.25, -0.2) is 0 Å². The highest BCUT2D eigenvalue weighted by molar-refractivity contribution is 5.66. The van der Waals surface area contributed by atoms with Gasteiger partial charge in [-0.05, 0) is 29.7 Å². The standard InChI is InChI=1S/C21H18F3N3O/c22-21(23,24)18-8-6-17(7-9-18)20-25-19(28-26-20)14-27-12-10-16(11-13-27)15-4-2-1-3-5-15/h1-10H,11-14H2. The first-order valence-electron chi connectivity index (χ1n) is 8.96. The maximum absolute atomic E-state index is 12.7. The molecule has 144 valence electrons. The van der Waals surface area contributed by atoms with Crippen LogP contribution in [0.5, 0.6) is 0 Å². The summed E-state index contributed by atoms with van der Waals surface area (Å²) >= 11 is 0. The molecule has 4 nitrogen and oxygen atoms in total. The van der Waals surface area contributed by atoms with Crippen LogP contribution in [-0.2, 0) is 12.7 Å². The van der Waals surface area contributed by atoms with Crippen molar-refractivity contribution in [2.45, 2.75) is 19.1 Å². The Balaban J connectivity index is 1.40. The fraction of sp³-hybridized carbons (Fsp3) is 0.238. The van der Waals surface area contributed by atoms with Crippen molar-refractivity contribution in [3.8, 4) is 11.4 Å². The molecular formula is C21H18F3N3O. The average molecular weight is 385 g/mol. The molecule has 0 radical (unpaired) electrons. The van der Waals surface area contributed by atoms with Gasteiger partial charge in [0.15, 0.2) is 0 Å². The van der Waals surface area contributed by atoms with Crippen LogP contribution in [-0.4, -0.2) is 28.1 Å². The Morgan fingerprint density at radius 1 is 0.964 bits per heavy atom. The Labute approximate surface area is 160 Å². The third-order valence-electron chi connectivity index (χ3n) is 4.74. The lowest BCUT2D eigenvalue weighted by molar-refractivity contribution is -0.137. The first kappa shape index (κ1) is 18.4. The molecule has 0 N–H and O–H groups in total. The van der Waals surface area contributed by atoms with Gasteiger partial charge in [0, 0.05) is 18.7 Å². The normalized spacial score (nSPS) is 15.5. The Hall–Kier alpha value is -2.93. The summed E-state index contributed by atoms with van der Waals surface area (Å²) in [5.41, 5.74) is 2.36. The van der Waals surface area contributed by atoms with Crippen molar-refractivity contribution in [2.75, 3.05) is 13.1 Å². The quantitative estimate of drug-likeness (QED) is 0.631. The van der Waals surface area contributed by atoms with Crippen molar-refractivity contribution < 1.29 is 17.7 Å². The number of benzene rings is 2. The number of hydrogen-bond acceptors (Lipinski definition) is 4. The fourth-order valence-electron chi connectivity index (χ4n) is 3.21. The highest BCUT2D eigenvalue weighted by Crippen LogP contribution is 2.30. The number of halogens is 3. The van der Waals surface area contributed by atoms with E-state index in [1.807, 2.05) is 18.2 Å². The van der Waals surface area contributed by atoms with E-state index < -0.39 is 11.7 Å². The molecule has 4 rings (SSSR count). The van der Waals surface area contributed by atoms with E-state index in [-0.39, 0.29) is 0 Å². The lowest BCUT2D eigenvalue weighted by Gasteiger charge is -2.24. The summed E-state index contributed by atoms with van der Waals surface area (Å²) in [6.45, 7) is 2.16. The summed E-state index contributed by atoms with van der Waals surface area (Å²) in [6.07, 6.45) is -1.22. The van der Waals surface area contributed by atoms with Gasteiger partial charge in [0.2, 0.25) is 11.7 Å². The predicted molar refractivity (Wildman–Crippen MR) is 99.0 cm³/mol. The highest BCUT2D eigenvalue weighted by atomic mass is 19.4. The van der Waals surface area contributed by atoms with Gasteiger partial charge in [-0.2, -0.15) is 18.2 Å². The zero-order valence-corrected chi connectivity index (χ0v) is 15.0. The Morgan fingerprint density at radius 3 is 2.36 bits per heavy atom. The molecule has 0 spiro atoms. The second kappa shape index (κ2) is 7.59. The number of aromatic nitrogens is 2. The number of nitrogens with zero attached hydrogens (tertiary/aromatic N) is 3. The van der Waals surface area contributed by atoms with Crippen LogP contribution in [0.15, 0.2) is 65.2 Å². The minimum atomic E-state index is -4.36. The molecule has 7 heteroatoms. The van der Waals surface area contributed by atoms with Crippen molar-refractivity contribution in [1.82, 2.24) is 15.0 Å². The molecule has 0 amide bonds. The maximum atomic E-state index is 12.7. The van der Waals surface area contributed by atoms with E-state index in [4.69, 9.17) is 4.52 Å². The van der Waals surface area contributed by atoms with E-state index in [2.05, 4.69) is 33.2 Å². The molecule has 28 heavy (non-hydrogen) atoms. The van der Waals surface area contributed by atoms with Crippen LogP contribution in [0.4, 0.5) is 13.2 Å². The van der Waals surface area contributed by atoms with Gasteiger partial charge in [-0.3, -0.25) is 4.90 Å². The molecule has 1 aliphatic heterocycles. The predicted octanol–water partition coefficient (Wildman–Crippen LogP) is 5.04. The molecule has 0 atom stereocenters. The zero-order chi connectivity index (χ0) is 19.6. The van der Waals surface area contributed by atoms with Gasteiger partial charge in [0.25, 0.3) is 0 Å². The lowest BCUT2D eigenvalue weighted by Crippen LogP contribution is -2.28. The van der Waals surface area contributed by atoms with Crippen LogP contribution in [0, 0.1) is 0 Å². The Kier molecular flexibility index (Phi) is 5.00. The van der Waals surface area contributed by atoms with Gasteiger partial charge in [-0.15, -0.1) is 0 Å². The molecule has 0 unspecified atom stereocenters. The van der Waals surface area contributed by atoms with E-state index in [0.717, 1.165) is 31.6 Å². The third-order valence-corrected chi connectivity index (χ3v) is 4.74. The molecule has 3 aromatic rings. The minimum Gasteiger partial charge on any atom is -0.338 e. The number of rotatable bonds is 4. The summed E-state index contributed by atoms with van der Waals surface area (Å²) in [5.74, 6) is 0.743. The SMILES string of the molecule is FC(F)(F)c1ccc(-c2noc(CN3CC=C(c4ccccc4)CC3)n2)cc1. The molecule has 1 aromatic heterocycles. The zero-order valence-electron chi connectivity index (χ0n) is 15.0. The van der Waals surface area contributed by atoms with Crippen LogP contribution >= 0.6 is 0 Å². The van der Waals surface area contributed by atoms with Gasteiger partial charge < -0.3 is 4.52 Å². The molecular weight excluding hydrogens is 367 g/mol. The average Bonchev–Trinajstić information content (AvgIpc) is 3.17. The van der Waals surface area contributed by atoms with E-state index in [1.54, 1.807) is 0 Å². The summed E-state index contributed by atoms with van der Waals surface area (Å²) in [7, 11) is 0. The Morgan fingerprint density at radius 2 is 1.71 bits per heavy atom. The third kappa shape index (κ3) is 4.14. The summed E-state index contributed by atoms with van der Waals surface area (Å²) in [6, 6.07) is 15.0. The van der Waals surface area contributed by atoms with E-state index >= 15 is 0 Å². The number of alkyl halides is 3. The van der Waals surface area contributed by atoms with Gasteiger partial charge in [0.05, 0.1) is 12.1 Å². The maximum Gasteiger partial charge on any atom is 0.416 e. The summed E-state index contributed by atoms with van der Waals surface area (Å²) < 4.78 is 43.3. The highest BCUT2D eigenvalue weighted by Gasteiger charge is 2.30. The van der Waals surface area contributed by atoms with Crippen LogP contribution in [0.3, 0.4) is 0 Å². The van der Waals surface area contributed by atoms with Crippen molar-refractivity contribution >= 4 is 5.57 Å². The molecule has 0 saturated carbocycles. The topological polar surface area (TPSA) is 42.2 Å². The summed E-state index contributed by atoms with van der Waals surface area (Å²) in [4.78, 5) is 6.51. The van der Waals surface area contributed by atoms with Crippen LogP contribution in [0.25, 0.3) is 17.0 Å². The smallest absolute Gasteiger partial charge is 0.338 e. The molecule has 0 aliphatic carbocycles. The molecule has 2 heterocycles. The van der Waals surface area contributed by atoms with Crippen molar-refractivity contribution in [3.05, 3.63) is 77.7 Å². The first-order chi connectivity index (χ1) is 13.5. The van der Waals surface area contributed by atoms with Gasteiger partial charge in [0.1, 0.15) is 0 Å². The first-order valence-corrected chi connectivity index (χ1v) is 8.96. The monoisotopic (exact) mass is 385 g/mol. The van der Waals surface area contributed by atoms with E-state index in [1.165, 1.54) is 23.3 Å². The van der Waals surface area contributed by atoms with Crippen molar-refractivity contribution in [1.29, 1.82) is 0 Å². The lowest BCUT2D eigenvalue weighted by atomic mass is 10.00. The summed E-state index contributed by atoms with van der Waals surface area (Å²) in [5, 5.41) is 3.90. The number of hydrogen-bond donors (Lipinski definition) is 0. The molecule has 0 bridgehead atoms. The molecule has 0 saturated heterocycles. The fourth-order valence-corrected chi connectivity index (χ4v) is 3.21. The van der Waals surface area contributed by atoms with E-state index in [9.17, 15) is 13.2 Å². The van der Waals surface area contributed by atoms with Crippen LogP contribution < -0.4 is 0 Å². The molecule has 2 aromatic carbocycles. The van der Waals surface area contributed by atoms with Gasteiger partial charge in [-0.1, -0.05) is 53.7 Å². The van der Waals surface area contributed by atoms with E-state index in [0.29, 0.717) is 23.8 Å². The van der Waals surface area contributed by atoms with Crippen molar-refractivity contribution in [2.24, 2.45) is 0 Å². The van der Waals surface area contributed by atoms with Crippen LogP contribution in [0.1, 0.15) is 23.4 Å². The second-order valence-corrected chi connectivity index (χ2v) is 6.67.